The van der Waals surface area contributed by atoms with E-state index in [0.717, 1.165) is 5.02 Å². The Hall–Kier alpha value is -0.490. The third-order valence-electron chi connectivity index (χ3n) is 3.50. The first-order valence-corrected chi connectivity index (χ1v) is 5.85. The van der Waals surface area contributed by atoms with E-state index in [-0.39, 0.29) is 0 Å². The summed E-state index contributed by atoms with van der Waals surface area (Å²) in [7, 11) is 0. The summed E-state index contributed by atoms with van der Waals surface area (Å²) in [6, 6.07) is 8.40. The van der Waals surface area contributed by atoms with Crippen LogP contribution in [-0.2, 0) is 5.41 Å². The van der Waals surface area contributed by atoms with Crippen LogP contribution in [0.5, 0.6) is 0 Å². The van der Waals surface area contributed by atoms with E-state index in [1.54, 1.807) is 0 Å². The Bertz CT molecular complexity index is 294. The molecular weight excluding hydrogens is 192 g/mol. The molecule has 0 unspecified atom stereocenters. The molecule has 0 radical (unpaired) electrons. The van der Waals surface area contributed by atoms with Gasteiger partial charge in [-0.2, -0.15) is 0 Å². The summed E-state index contributed by atoms with van der Waals surface area (Å²) < 4.78 is 0. The van der Waals surface area contributed by atoms with Crippen LogP contribution in [0.25, 0.3) is 0 Å². The van der Waals surface area contributed by atoms with Crippen LogP contribution < -0.4 is 0 Å². The highest BCUT2D eigenvalue weighted by Crippen LogP contribution is 2.39. The van der Waals surface area contributed by atoms with Gasteiger partial charge in [-0.15, -0.1) is 0 Å². The average molecular weight is 209 g/mol. The van der Waals surface area contributed by atoms with Gasteiger partial charge in [0.05, 0.1) is 0 Å². The molecule has 1 saturated carbocycles. The Balaban J connectivity index is 2.23. The molecule has 0 bridgehead atoms. The molecule has 0 atom stereocenters. The first-order valence-electron chi connectivity index (χ1n) is 5.47. The molecule has 1 aromatic carbocycles. The number of halogens is 1. The zero-order valence-electron chi connectivity index (χ0n) is 8.72. The molecule has 1 aliphatic rings. The fourth-order valence-corrected chi connectivity index (χ4v) is 2.60. The number of hydrogen-bond donors (Lipinski definition) is 0. The molecule has 0 nitrogen and oxygen atoms in total. The lowest BCUT2D eigenvalue weighted by Gasteiger charge is -2.34. The van der Waals surface area contributed by atoms with E-state index in [2.05, 4.69) is 19.1 Å². The zero-order chi connectivity index (χ0) is 10.0. The third kappa shape index (κ3) is 1.95. The van der Waals surface area contributed by atoms with Crippen molar-refractivity contribution < 1.29 is 0 Å². The van der Waals surface area contributed by atoms with Crippen molar-refractivity contribution in [3.8, 4) is 0 Å². The lowest BCUT2D eigenvalue weighted by Crippen LogP contribution is -2.24. The van der Waals surface area contributed by atoms with Gasteiger partial charge >= 0.3 is 0 Å². The second kappa shape index (κ2) is 3.94. The van der Waals surface area contributed by atoms with Crippen molar-refractivity contribution in [1.29, 1.82) is 0 Å². The standard InChI is InChI=1S/C13H17Cl/c1-13(9-3-2-4-10-13)11-5-7-12(14)8-6-11/h5-8H,2-4,9-10H2,1H3. The fourth-order valence-electron chi connectivity index (χ4n) is 2.47. The maximum absolute atomic E-state index is 5.90. The Kier molecular flexibility index (Phi) is 2.83. The first kappa shape index (κ1) is 10.0. The van der Waals surface area contributed by atoms with Crippen LogP contribution in [0.4, 0.5) is 0 Å². The smallest absolute Gasteiger partial charge is 0.0406 e. The maximum atomic E-state index is 5.90. The largest absolute Gasteiger partial charge is 0.0843 e. The number of benzene rings is 1. The molecule has 76 valence electrons. The molecule has 0 N–H and O–H groups in total. The summed E-state index contributed by atoms with van der Waals surface area (Å²) >= 11 is 5.90. The molecule has 1 heteroatoms. The summed E-state index contributed by atoms with van der Waals surface area (Å²) in [5.74, 6) is 0. The van der Waals surface area contributed by atoms with Crippen LogP contribution in [0.1, 0.15) is 44.6 Å². The lowest BCUT2D eigenvalue weighted by molar-refractivity contribution is 0.319. The molecule has 14 heavy (non-hydrogen) atoms. The number of hydrogen-bond acceptors (Lipinski definition) is 0. The van der Waals surface area contributed by atoms with Crippen molar-refractivity contribution in [2.45, 2.75) is 44.4 Å². The Morgan fingerprint density at radius 3 is 2.14 bits per heavy atom. The van der Waals surface area contributed by atoms with Crippen molar-refractivity contribution in [3.63, 3.8) is 0 Å². The van der Waals surface area contributed by atoms with Crippen LogP contribution in [0, 0.1) is 0 Å². The van der Waals surface area contributed by atoms with E-state index in [9.17, 15) is 0 Å². The van der Waals surface area contributed by atoms with Crippen molar-refractivity contribution >= 4 is 11.6 Å². The van der Waals surface area contributed by atoms with Crippen molar-refractivity contribution in [3.05, 3.63) is 34.9 Å². The molecule has 1 fully saturated rings. The van der Waals surface area contributed by atoms with Gasteiger partial charge in [-0.1, -0.05) is 49.9 Å². The van der Waals surface area contributed by atoms with Crippen LogP contribution >= 0.6 is 11.6 Å². The zero-order valence-corrected chi connectivity index (χ0v) is 9.48. The highest BCUT2D eigenvalue weighted by molar-refractivity contribution is 6.30. The minimum atomic E-state index is 0.406. The SMILES string of the molecule is CC1(c2ccc(Cl)cc2)CCCCC1. The summed E-state index contributed by atoms with van der Waals surface area (Å²) in [4.78, 5) is 0. The average Bonchev–Trinajstić information content (AvgIpc) is 2.19. The highest BCUT2D eigenvalue weighted by Gasteiger charge is 2.28. The highest BCUT2D eigenvalue weighted by atomic mass is 35.5. The van der Waals surface area contributed by atoms with E-state index in [0.29, 0.717) is 5.41 Å². The second-order valence-corrected chi connectivity index (χ2v) is 5.06. The molecule has 0 aromatic heterocycles. The van der Waals surface area contributed by atoms with Crippen molar-refractivity contribution in [1.82, 2.24) is 0 Å². The predicted molar refractivity (Wildman–Crippen MR) is 61.9 cm³/mol. The molecule has 0 aliphatic heterocycles. The van der Waals surface area contributed by atoms with Gasteiger partial charge in [0, 0.05) is 5.02 Å². The summed E-state index contributed by atoms with van der Waals surface area (Å²) in [6.07, 6.45) is 6.81. The van der Waals surface area contributed by atoms with Crippen molar-refractivity contribution in [2.75, 3.05) is 0 Å². The number of rotatable bonds is 1. The van der Waals surface area contributed by atoms with E-state index >= 15 is 0 Å². The van der Waals surface area contributed by atoms with Crippen molar-refractivity contribution in [2.24, 2.45) is 0 Å². The van der Waals surface area contributed by atoms with Gasteiger partial charge in [0.25, 0.3) is 0 Å². The molecular formula is C13H17Cl. The normalized spacial score (nSPS) is 20.7. The van der Waals surface area contributed by atoms with E-state index < -0.39 is 0 Å². The molecule has 2 rings (SSSR count). The third-order valence-corrected chi connectivity index (χ3v) is 3.75. The second-order valence-electron chi connectivity index (χ2n) is 4.63. The van der Waals surface area contributed by atoms with Crippen LogP contribution in [0.15, 0.2) is 24.3 Å². The van der Waals surface area contributed by atoms with E-state index in [1.807, 2.05) is 12.1 Å². The summed E-state index contributed by atoms with van der Waals surface area (Å²) in [5.41, 5.74) is 1.87. The molecule has 0 saturated heterocycles. The molecule has 0 heterocycles. The molecule has 1 aliphatic carbocycles. The molecule has 1 aromatic rings. The summed E-state index contributed by atoms with van der Waals surface area (Å²) in [5, 5.41) is 0.841. The minimum absolute atomic E-state index is 0.406. The summed E-state index contributed by atoms with van der Waals surface area (Å²) in [6.45, 7) is 2.38. The molecule has 0 amide bonds. The lowest BCUT2D eigenvalue weighted by atomic mass is 9.71. The Morgan fingerprint density at radius 2 is 1.57 bits per heavy atom. The van der Waals surface area contributed by atoms with Gasteiger partial charge in [-0.3, -0.25) is 0 Å². The Morgan fingerprint density at radius 1 is 1.00 bits per heavy atom. The maximum Gasteiger partial charge on any atom is 0.0406 e. The Labute approximate surface area is 91.3 Å². The van der Waals surface area contributed by atoms with Gasteiger partial charge in [0.1, 0.15) is 0 Å². The van der Waals surface area contributed by atoms with Crippen LogP contribution in [-0.4, -0.2) is 0 Å². The van der Waals surface area contributed by atoms with Crippen LogP contribution in [0.2, 0.25) is 5.02 Å². The molecule has 0 spiro atoms. The van der Waals surface area contributed by atoms with Gasteiger partial charge in [-0.05, 0) is 36.0 Å². The van der Waals surface area contributed by atoms with Gasteiger partial charge < -0.3 is 0 Å². The topological polar surface area (TPSA) is 0 Å². The van der Waals surface area contributed by atoms with Crippen LogP contribution in [0.3, 0.4) is 0 Å². The van der Waals surface area contributed by atoms with Gasteiger partial charge in [0.15, 0.2) is 0 Å². The van der Waals surface area contributed by atoms with Gasteiger partial charge in [-0.25, -0.2) is 0 Å². The van der Waals surface area contributed by atoms with E-state index in [1.165, 1.54) is 37.7 Å². The van der Waals surface area contributed by atoms with Gasteiger partial charge in [0.2, 0.25) is 0 Å². The monoisotopic (exact) mass is 208 g/mol. The minimum Gasteiger partial charge on any atom is -0.0843 e. The predicted octanol–water partition coefficient (Wildman–Crippen LogP) is 4.56. The van der Waals surface area contributed by atoms with E-state index in [4.69, 9.17) is 11.6 Å². The fraction of sp³-hybridized carbons (Fsp3) is 0.538. The first-order chi connectivity index (χ1) is 6.71. The quantitative estimate of drug-likeness (QED) is 0.635.